The summed E-state index contributed by atoms with van der Waals surface area (Å²) in [6.07, 6.45) is 6.46. The van der Waals surface area contributed by atoms with Crippen LogP contribution in [-0.4, -0.2) is 42.8 Å². The molecule has 1 aromatic rings. The molecule has 6 nitrogen and oxygen atoms in total. The van der Waals surface area contributed by atoms with Crippen molar-refractivity contribution in [1.82, 2.24) is 14.7 Å². The van der Waals surface area contributed by atoms with Gasteiger partial charge in [-0.15, -0.1) is 0 Å². The minimum absolute atomic E-state index is 0.0615. The van der Waals surface area contributed by atoms with Gasteiger partial charge < -0.3 is 4.90 Å². The molecule has 1 N–H and O–H groups in total. The van der Waals surface area contributed by atoms with Crippen LogP contribution in [0.1, 0.15) is 25.7 Å². The van der Waals surface area contributed by atoms with E-state index in [2.05, 4.69) is 14.7 Å². The maximum atomic E-state index is 12.0. The highest BCUT2D eigenvalue weighted by Crippen LogP contribution is 2.28. The maximum Gasteiger partial charge on any atom is 0.225 e. The Labute approximate surface area is 123 Å². The third-order valence-corrected chi connectivity index (χ3v) is 5.81. The van der Waals surface area contributed by atoms with Gasteiger partial charge in [0.05, 0.1) is 22.7 Å². The maximum absolute atomic E-state index is 12.0. The molecule has 0 amide bonds. The van der Waals surface area contributed by atoms with E-state index in [1.54, 1.807) is 12.4 Å². The summed E-state index contributed by atoms with van der Waals surface area (Å²) < 4.78 is 26.8. The number of nitrogens with one attached hydrogen (secondary N) is 1. The number of rotatable bonds is 4. The molecule has 1 unspecified atom stereocenters. The minimum atomic E-state index is -3.14. The molecule has 2 fully saturated rings. The van der Waals surface area contributed by atoms with Gasteiger partial charge in [0.2, 0.25) is 16.0 Å². The lowest BCUT2D eigenvalue weighted by atomic mass is 10.1. The number of piperidine rings is 1. The van der Waals surface area contributed by atoms with Crippen molar-refractivity contribution in [3.8, 4) is 0 Å². The van der Waals surface area contributed by atoms with Crippen molar-refractivity contribution < 1.29 is 8.42 Å². The van der Waals surface area contributed by atoms with Gasteiger partial charge in [-0.1, -0.05) is 11.6 Å². The van der Waals surface area contributed by atoms with Crippen LogP contribution in [0.4, 0.5) is 5.95 Å². The smallest absolute Gasteiger partial charge is 0.225 e. The average Bonchev–Trinajstić information content (AvgIpc) is 3.24. The number of hydrogen-bond donors (Lipinski definition) is 1. The monoisotopic (exact) mass is 316 g/mol. The molecule has 1 saturated carbocycles. The van der Waals surface area contributed by atoms with Crippen molar-refractivity contribution in [2.24, 2.45) is 0 Å². The minimum Gasteiger partial charge on any atom is -0.339 e. The second kappa shape index (κ2) is 5.46. The van der Waals surface area contributed by atoms with E-state index in [1.807, 2.05) is 4.90 Å². The van der Waals surface area contributed by atoms with E-state index < -0.39 is 10.0 Å². The molecule has 1 saturated heterocycles. The highest BCUT2D eigenvalue weighted by molar-refractivity contribution is 7.90. The fourth-order valence-corrected chi connectivity index (χ4v) is 4.13. The summed E-state index contributed by atoms with van der Waals surface area (Å²) in [5, 5.41) is 0.321. The van der Waals surface area contributed by atoms with Crippen LogP contribution in [0.5, 0.6) is 0 Å². The molecule has 2 aliphatic rings. The second-order valence-corrected chi connectivity index (χ2v) is 7.78. The first-order chi connectivity index (χ1) is 9.54. The van der Waals surface area contributed by atoms with Crippen molar-refractivity contribution in [3.63, 3.8) is 0 Å². The molecule has 1 aliphatic heterocycles. The van der Waals surface area contributed by atoms with E-state index in [-0.39, 0.29) is 11.3 Å². The van der Waals surface area contributed by atoms with Crippen LogP contribution in [0.15, 0.2) is 12.4 Å². The summed E-state index contributed by atoms with van der Waals surface area (Å²) in [4.78, 5) is 10.4. The summed E-state index contributed by atoms with van der Waals surface area (Å²) in [6.45, 7) is 1.44. The largest absolute Gasteiger partial charge is 0.339 e. The van der Waals surface area contributed by atoms with E-state index in [9.17, 15) is 8.42 Å². The Morgan fingerprint density at radius 1 is 1.25 bits per heavy atom. The van der Waals surface area contributed by atoms with Gasteiger partial charge in [0.15, 0.2) is 0 Å². The van der Waals surface area contributed by atoms with Gasteiger partial charge >= 0.3 is 0 Å². The van der Waals surface area contributed by atoms with Crippen molar-refractivity contribution in [1.29, 1.82) is 0 Å². The summed E-state index contributed by atoms with van der Waals surface area (Å²) in [7, 11) is -3.14. The zero-order chi connectivity index (χ0) is 14.2. The Bertz CT molecular complexity index is 574. The Kier molecular flexibility index (Phi) is 3.83. The highest BCUT2D eigenvalue weighted by atomic mass is 35.5. The number of aromatic nitrogens is 2. The van der Waals surface area contributed by atoms with Crippen molar-refractivity contribution in [3.05, 3.63) is 17.4 Å². The van der Waals surface area contributed by atoms with Gasteiger partial charge in [-0.25, -0.2) is 23.1 Å². The predicted octanol–water partition coefficient (Wildman–Crippen LogP) is 1.18. The average molecular weight is 317 g/mol. The number of anilines is 1. The molecule has 1 atom stereocenters. The van der Waals surface area contributed by atoms with Gasteiger partial charge in [-0.2, -0.15) is 0 Å². The van der Waals surface area contributed by atoms with Gasteiger partial charge in [-0.3, -0.25) is 0 Å². The quantitative estimate of drug-likeness (QED) is 0.903. The van der Waals surface area contributed by atoms with Gasteiger partial charge in [0, 0.05) is 19.1 Å². The van der Waals surface area contributed by atoms with E-state index in [4.69, 9.17) is 11.6 Å². The van der Waals surface area contributed by atoms with Crippen LogP contribution in [0, 0.1) is 0 Å². The lowest BCUT2D eigenvalue weighted by molar-refractivity contribution is 0.461. The first-order valence-electron chi connectivity index (χ1n) is 6.78. The molecule has 0 radical (unpaired) electrons. The van der Waals surface area contributed by atoms with Crippen molar-refractivity contribution in [2.75, 3.05) is 18.0 Å². The molecule has 0 spiro atoms. The third-order valence-electron chi connectivity index (χ3n) is 3.61. The Hall–Kier alpha value is -0.920. The number of halogens is 1. The number of sulfonamides is 1. The van der Waals surface area contributed by atoms with E-state index in [0.717, 1.165) is 32.2 Å². The van der Waals surface area contributed by atoms with E-state index in [1.165, 1.54) is 0 Å². The molecule has 0 bridgehead atoms. The highest BCUT2D eigenvalue weighted by Gasteiger charge is 2.37. The SMILES string of the molecule is O=S(=O)(NC1CCCN(c2ncc(Cl)cn2)C1)C1CC1. The van der Waals surface area contributed by atoms with Crippen LogP contribution in [-0.2, 0) is 10.0 Å². The molecule has 2 heterocycles. The first-order valence-corrected chi connectivity index (χ1v) is 8.71. The van der Waals surface area contributed by atoms with Gasteiger partial charge in [0.1, 0.15) is 0 Å². The molecule has 3 rings (SSSR count). The molecule has 0 aromatic carbocycles. The topological polar surface area (TPSA) is 75.2 Å². The van der Waals surface area contributed by atoms with Crippen molar-refractivity contribution in [2.45, 2.75) is 37.0 Å². The Balaban J connectivity index is 1.65. The van der Waals surface area contributed by atoms with Crippen molar-refractivity contribution >= 4 is 27.6 Å². The molecule has 8 heteroatoms. The van der Waals surface area contributed by atoms with E-state index in [0.29, 0.717) is 17.5 Å². The Morgan fingerprint density at radius 2 is 1.95 bits per heavy atom. The molecule has 1 aliphatic carbocycles. The number of hydrogen-bond acceptors (Lipinski definition) is 5. The van der Waals surface area contributed by atoms with E-state index >= 15 is 0 Å². The lowest BCUT2D eigenvalue weighted by Gasteiger charge is -2.32. The fraction of sp³-hybridized carbons (Fsp3) is 0.667. The van der Waals surface area contributed by atoms with Crippen LogP contribution in [0.2, 0.25) is 5.02 Å². The first kappa shape index (κ1) is 14.0. The van der Waals surface area contributed by atoms with Gasteiger partial charge in [-0.05, 0) is 25.7 Å². The predicted molar refractivity (Wildman–Crippen MR) is 77.4 cm³/mol. The summed E-state index contributed by atoms with van der Waals surface area (Å²) in [5.74, 6) is 0.602. The molecule has 110 valence electrons. The second-order valence-electron chi connectivity index (χ2n) is 5.35. The number of nitrogens with zero attached hydrogens (tertiary/aromatic N) is 3. The zero-order valence-electron chi connectivity index (χ0n) is 11.0. The molecular weight excluding hydrogens is 300 g/mol. The van der Waals surface area contributed by atoms with Crippen LogP contribution in [0.3, 0.4) is 0 Å². The lowest BCUT2D eigenvalue weighted by Crippen LogP contribution is -2.49. The summed E-state index contributed by atoms with van der Waals surface area (Å²) >= 11 is 5.77. The summed E-state index contributed by atoms with van der Waals surface area (Å²) in [5.41, 5.74) is 0. The van der Waals surface area contributed by atoms with Gasteiger partial charge in [0.25, 0.3) is 0 Å². The van der Waals surface area contributed by atoms with Crippen LogP contribution < -0.4 is 9.62 Å². The Morgan fingerprint density at radius 3 is 2.60 bits per heavy atom. The summed E-state index contributed by atoms with van der Waals surface area (Å²) in [6, 6.07) is -0.0615. The standard InChI is InChI=1S/C12H17ClN4O2S/c13-9-6-14-12(15-7-9)17-5-1-2-10(8-17)16-20(18,19)11-3-4-11/h6-7,10-11,16H,1-5,8H2. The van der Waals surface area contributed by atoms with Crippen LogP contribution in [0.25, 0.3) is 0 Å². The zero-order valence-corrected chi connectivity index (χ0v) is 12.6. The van der Waals surface area contributed by atoms with Crippen LogP contribution >= 0.6 is 11.6 Å². The third kappa shape index (κ3) is 3.21. The molecule has 1 aromatic heterocycles. The fourth-order valence-electron chi connectivity index (χ4n) is 2.43. The normalized spacial score (nSPS) is 23.9. The molecular formula is C12H17ClN4O2S. The molecule has 20 heavy (non-hydrogen) atoms.